The van der Waals surface area contributed by atoms with Gasteiger partial charge in [0, 0.05) is 7.05 Å². The zero-order chi connectivity index (χ0) is 14.0. The molecular formula is C13H16N4O2. The lowest BCUT2D eigenvalue weighted by Crippen LogP contribution is -2.28. The summed E-state index contributed by atoms with van der Waals surface area (Å²) in [4.78, 5) is 12.1. The third kappa shape index (κ3) is 2.73. The minimum absolute atomic E-state index is 0.0253. The molecule has 6 nitrogen and oxygen atoms in total. The molecule has 0 radical (unpaired) electrons. The first-order valence-electron chi connectivity index (χ1n) is 5.93. The van der Waals surface area contributed by atoms with E-state index in [9.17, 15) is 9.90 Å². The number of nitrogens with one attached hydrogen (secondary N) is 1. The fourth-order valence-corrected chi connectivity index (χ4v) is 1.86. The second-order valence-electron chi connectivity index (χ2n) is 4.52. The molecule has 2 rings (SSSR count). The molecule has 1 amide bonds. The predicted octanol–water partition coefficient (Wildman–Crippen LogP) is 1.32. The third-order valence-electron chi connectivity index (χ3n) is 2.88. The van der Waals surface area contributed by atoms with Gasteiger partial charge in [-0.25, -0.2) is 0 Å². The van der Waals surface area contributed by atoms with Crippen LogP contribution in [0.4, 0.5) is 0 Å². The summed E-state index contributed by atoms with van der Waals surface area (Å²) >= 11 is 0. The molecule has 0 bridgehead atoms. The summed E-state index contributed by atoms with van der Waals surface area (Å²) < 4.78 is 1.74. The van der Waals surface area contributed by atoms with Crippen molar-refractivity contribution in [3.63, 3.8) is 0 Å². The van der Waals surface area contributed by atoms with Crippen LogP contribution < -0.4 is 5.32 Å². The summed E-state index contributed by atoms with van der Waals surface area (Å²) in [5.41, 5.74) is 1.15. The van der Waals surface area contributed by atoms with Crippen LogP contribution in [0.2, 0.25) is 0 Å². The van der Waals surface area contributed by atoms with Gasteiger partial charge in [-0.1, -0.05) is 6.07 Å². The minimum Gasteiger partial charge on any atom is -0.507 e. The summed E-state index contributed by atoms with van der Waals surface area (Å²) in [6.45, 7) is 3.66. The van der Waals surface area contributed by atoms with Crippen LogP contribution in [0.15, 0.2) is 24.5 Å². The monoisotopic (exact) mass is 260 g/mol. The third-order valence-corrected chi connectivity index (χ3v) is 2.88. The van der Waals surface area contributed by atoms with E-state index in [2.05, 4.69) is 15.5 Å². The number of nitrogens with zero attached hydrogens (tertiary/aromatic N) is 3. The summed E-state index contributed by atoms with van der Waals surface area (Å²) in [5.74, 6) is 0.288. The maximum atomic E-state index is 12.1. The number of hydrogen-bond donors (Lipinski definition) is 2. The van der Waals surface area contributed by atoms with Crippen molar-refractivity contribution in [3.05, 3.63) is 41.5 Å². The number of carbonyl (C=O) groups is 1. The Kier molecular flexibility index (Phi) is 3.50. The molecule has 1 unspecified atom stereocenters. The number of hydrogen-bond acceptors (Lipinski definition) is 4. The Morgan fingerprint density at radius 1 is 1.47 bits per heavy atom. The summed E-state index contributed by atoms with van der Waals surface area (Å²) in [5, 5.41) is 20.2. The molecule has 1 aromatic carbocycles. The molecular weight excluding hydrogens is 244 g/mol. The standard InChI is InChI=1S/C13H16N4O2/c1-8-4-5-10(11(18)6-8)13(19)15-9(2)12-16-14-7-17(12)3/h4-7,9,18H,1-3H3,(H,15,19). The van der Waals surface area contributed by atoms with Gasteiger partial charge in [0.2, 0.25) is 0 Å². The van der Waals surface area contributed by atoms with E-state index in [0.29, 0.717) is 5.82 Å². The van der Waals surface area contributed by atoms with Crippen molar-refractivity contribution in [2.24, 2.45) is 7.05 Å². The molecule has 0 spiro atoms. The molecule has 19 heavy (non-hydrogen) atoms. The van der Waals surface area contributed by atoms with E-state index in [1.54, 1.807) is 36.1 Å². The van der Waals surface area contributed by atoms with Crippen LogP contribution in [0.5, 0.6) is 5.75 Å². The molecule has 2 aromatic rings. The van der Waals surface area contributed by atoms with Crippen molar-refractivity contribution < 1.29 is 9.90 Å². The highest BCUT2D eigenvalue weighted by molar-refractivity contribution is 5.97. The van der Waals surface area contributed by atoms with Crippen molar-refractivity contribution in [2.45, 2.75) is 19.9 Å². The molecule has 0 fully saturated rings. The number of amides is 1. The van der Waals surface area contributed by atoms with Crippen LogP contribution >= 0.6 is 0 Å². The average molecular weight is 260 g/mol. The first-order valence-corrected chi connectivity index (χ1v) is 5.93. The lowest BCUT2D eigenvalue weighted by Gasteiger charge is -2.13. The van der Waals surface area contributed by atoms with E-state index in [1.165, 1.54) is 0 Å². The highest BCUT2D eigenvalue weighted by Gasteiger charge is 2.17. The fourth-order valence-electron chi connectivity index (χ4n) is 1.86. The number of carbonyl (C=O) groups excluding carboxylic acids is 1. The van der Waals surface area contributed by atoms with Gasteiger partial charge in [0.15, 0.2) is 5.82 Å². The Bertz CT molecular complexity index is 606. The SMILES string of the molecule is Cc1ccc(C(=O)NC(C)c2nncn2C)c(O)c1. The lowest BCUT2D eigenvalue weighted by atomic mass is 10.1. The van der Waals surface area contributed by atoms with E-state index >= 15 is 0 Å². The maximum absolute atomic E-state index is 12.1. The Morgan fingerprint density at radius 2 is 2.21 bits per heavy atom. The molecule has 0 saturated heterocycles. The second-order valence-corrected chi connectivity index (χ2v) is 4.52. The Hall–Kier alpha value is -2.37. The van der Waals surface area contributed by atoms with Crippen LogP contribution in [0, 0.1) is 6.92 Å². The summed E-state index contributed by atoms with van der Waals surface area (Å²) in [7, 11) is 1.81. The Morgan fingerprint density at radius 3 is 2.79 bits per heavy atom. The molecule has 2 N–H and O–H groups in total. The van der Waals surface area contributed by atoms with Gasteiger partial charge < -0.3 is 15.0 Å². The minimum atomic E-state index is -0.340. The molecule has 6 heteroatoms. The molecule has 1 aromatic heterocycles. The van der Waals surface area contributed by atoms with Crippen LogP contribution in [0.1, 0.15) is 34.7 Å². The van der Waals surface area contributed by atoms with Gasteiger partial charge in [-0.3, -0.25) is 4.79 Å². The zero-order valence-corrected chi connectivity index (χ0v) is 11.1. The molecule has 0 aliphatic carbocycles. The van der Waals surface area contributed by atoms with Gasteiger partial charge in [-0.15, -0.1) is 10.2 Å². The topological polar surface area (TPSA) is 80.0 Å². The van der Waals surface area contributed by atoms with Crippen molar-refractivity contribution in [2.75, 3.05) is 0 Å². The number of benzene rings is 1. The van der Waals surface area contributed by atoms with Gasteiger partial charge in [0.1, 0.15) is 12.1 Å². The number of phenols is 1. The molecule has 100 valence electrons. The van der Waals surface area contributed by atoms with Crippen molar-refractivity contribution >= 4 is 5.91 Å². The first-order chi connectivity index (χ1) is 8.99. The smallest absolute Gasteiger partial charge is 0.255 e. The van der Waals surface area contributed by atoms with Gasteiger partial charge in [0.05, 0.1) is 11.6 Å². The zero-order valence-electron chi connectivity index (χ0n) is 11.1. The predicted molar refractivity (Wildman–Crippen MR) is 69.7 cm³/mol. The maximum Gasteiger partial charge on any atom is 0.255 e. The van der Waals surface area contributed by atoms with Gasteiger partial charge in [-0.05, 0) is 31.5 Å². The Labute approximate surface area is 111 Å². The quantitative estimate of drug-likeness (QED) is 0.872. The van der Waals surface area contributed by atoms with Crippen LogP contribution in [-0.2, 0) is 7.05 Å². The number of aromatic hydroxyl groups is 1. The molecule has 1 heterocycles. The van der Waals surface area contributed by atoms with Gasteiger partial charge in [-0.2, -0.15) is 0 Å². The number of aromatic nitrogens is 3. The molecule has 1 atom stereocenters. The second kappa shape index (κ2) is 5.09. The fraction of sp³-hybridized carbons (Fsp3) is 0.308. The average Bonchev–Trinajstić information content (AvgIpc) is 2.75. The van der Waals surface area contributed by atoms with Crippen molar-refractivity contribution in [1.82, 2.24) is 20.1 Å². The summed E-state index contributed by atoms with van der Waals surface area (Å²) in [6, 6.07) is 4.65. The molecule has 0 aliphatic heterocycles. The van der Waals surface area contributed by atoms with E-state index in [1.807, 2.05) is 13.8 Å². The number of aryl methyl sites for hydroxylation is 2. The van der Waals surface area contributed by atoms with E-state index in [4.69, 9.17) is 0 Å². The van der Waals surface area contributed by atoms with E-state index in [0.717, 1.165) is 5.56 Å². The van der Waals surface area contributed by atoms with Crippen molar-refractivity contribution in [3.8, 4) is 5.75 Å². The number of phenolic OH excluding ortho intramolecular Hbond substituents is 1. The van der Waals surface area contributed by atoms with Gasteiger partial charge in [0.25, 0.3) is 5.91 Å². The van der Waals surface area contributed by atoms with E-state index in [-0.39, 0.29) is 23.3 Å². The molecule has 0 aliphatic rings. The largest absolute Gasteiger partial charge is 0.507 e. The highest BCUT2D eigenvalue weighted by atomic mass is 16.3. The van der Waals surface area contributed by atoms with Crippen molar-refractivity contribution in [1.29, 1.82) is 0 Å². The van der Waals surface area contributed by atoms with Gasteiger partial charge >= 0.3 is 0 Å². The van der Waals surface area contributed by atoms with Crippen LogP contribution in [-0.4, -0.2) is 25.8 Å². The number of rotatable bonds is 3. The van der Waals surface area contributed by atoms with Crippen LogP contribution in [0.3, 0.4) is 0 Å². The first kappa shape index (κ1) is 13.1. The Balaban J connectivity index is 2.15. The molecule has 0 saturated carbocycles. The lowest BCUT2D eigenvalue weighted by molar-refractivity contribution is 0.0935. The van der Waals surface area contributed by atoms with Crippen LogP contribution in [0.25, 0.3) is 0 Å². The summed E-state index contributed by atoms with van der Waals surface area (Å²) in [6.07, 6.45) is 1.57. The van der Waals surface area contributed by atoms with E-state index < -0.39 is 0 Å². The normalized spacial score (nSPS) is 12.2. The highest BCUT2D eigenvalue weighted by Crippen LogP contribution is 2.19.